The number of amides is 2. The van der Waals surface area contributed by atoms with Crippen molar-refractivity contribution in [2.75, 3.05) is 24.6 Å². The molecule has 4 rings (SSSR count). The molecule has 1 saturated heterocycles. The molecule has 2 aromatic rings. The number of carbonyl (C=O) groups is 2. The fraction of sp³-hybridized carbons (Fsp3) is 0.286. The number of pyridine rings is 1. The molecule has 3 N–H and O–H groups in total. The van der Waals surface area contributed by atoms with Gasteiger partial charge in [-0.1, -0.05) is 6.07 Å². The number of rotatable bonds is 6. The summed E-state index contributed by atoms with van der Waals surface area (Å²) in [4.78, 5) is 34.0. The molecule has 1 aromatic heterocycles. The lowest BCUT2D eigenvalue weighted by atomic mass is 10.1. The molecule has 2 aliphatic heterocycles. The van der Waals surface area contributed by atoms with Gasteiger partial charge in [-0.15, -0.1) is 0 Å². The van der Waals surface area contributed by atoms with Gasteiger partial charge in [0.1, 0.15) is 18.0 Å². The summed E-state index contributed by atoms with van der Waals surface area (Å²) in [6, 6.07) is 7.92. The van der Waals surface area contributed by atoms with Gasteiger partial charge in [0.25, 0.3) is 0 Å². The van der Waals surface area contributed by atoms with Gasteiger partial charge in [0.05, 0.1) is 36.8 Å². The summed E-state index contributed by atoms with van der Waals surface area (Å²) in [5.41, 5.74) is 5.20. The molecule has 0 unspecified atom stereocenters. The zero-order chi connectivity index (χ0) is 22.0. The number of aliphatic hydroxyl groups excluding tert-OH is 1. The van der Waals surface area contributed by atoms with E-state index in [4.69, 9.17) is 14.7 Å². The lowest BCUT2D eigenvalue weighted by Gasteiger charge is -2.14. The number of aliphatic hydroxyl groups is 1. The van der Waals surface area contributed by atoms with Gasteiger partial charge < -0.3 is 15.2 Å². The van der Waals surface area contributed by atoms with Gasteiger partial charge in [0.2, 0.25) is 5.91 Å². The standard InChI is InChI=1S/C21H21FN4O5/c1-12(28)23-9-16-10-26(21(29)30-16)14-3-4-17(18(22)6-14)13-2-5-19(24-8-13)20-7-15(11-27)31-25-20/h2-8,15-16,25,27H,9-11H2,1H3,(H,23,28)/t15-,16+/m1/s1. The number of aromatic nitrogens is 1. The number of nitrogens with zero attached hydrogens (tertiary/aromatic N) is 2. The third kappa shape index (κ3) is 4.49. The molecule has 1 fully saturated rings. The van der Waals surface area contributed by atoms with Gasteiger partial charge in [-0.3, -0.25) is 25.0 Å². The second-order valence-electron chi connectivity index (χ2n) is 7.17. The summed E-state index contributed by atoms with van der Waals surface area (Å²) in [5.74, 6) is -0.725. The zero-order valence-corrected chi connectivity index (χ0v) is 16.7. The van der Waals surface area contributed by atoms with Crippen molar-refractivity contribution in [2.45, 2.75) is 19.1 Å². The number of halogens is 1. The number of hydroxylamine groups is 1. The number of anilines is 1. The number of hydrogen-bond acceptors (Lipinski definition) is 7. The number of carbonyl (C=O) groups excluding carboxylic acids is 2. The molecule has 2 aliphatic rings. The van der Waals surface area contributed by atoms with Crippen molar-refractivity contribution in [3.05, 3.63) is 54.1 Å². The van der Waals surface area contributed by atoms with Crippen molar-refractivity contribution in [3.8, 4) is 11.1 Å². The van der Waals surface area contributed by atoms with Gasteiger partial charge in [-0.2, -0.15) is 0 Å². The maximum absolute atomic E-state index is 14.8. The lowest BCUT2D eigenvalue weighted by Crippen LogP contribution is -2.33. The second-order valence-corrected chi connectivity index (χ2v) is 7.17. The maximum Gasteiger partial charge on any atom is 0.414 e. The van der Waals surface area contributed by atoms with Gasteiger partial charge >= 0.3 is 6.09 Å². The first-order valence-electron chi connectivity index (χ1n) is 9.68. The Morgan fingerprint density at radius 3 is 2.87 bits per heavy atom. The molecule has 31 heavy (non-hydrogen) atoms. The Kier molecular flexibility index (Phi) is 5.83. The van der Waals surface area contributed by atoms with E-state index in [0.29, 0.717) is 28.2 Å². The topological polar surface area (TPSA) is 113 Å². The van der Waals surface area contributed by atoms with Crippen LogP contribution in [0.2, 0.25) is 0 Å². The van der Waals surface area contributed by atoms with E-state index < -0.39 is 24.1 Å². The van der Waals surface area contributed by atoms with Crippen molar-refractivity contribution < 1.29 is 28.7 Å². The van der Waals surface area contributed by atoms with E-state index >= 15 is 0 Å². The Balaban J connectivity index is 1.48. The molecule has 9 nitrogen and oxygen atoms in total. The molecule has 162 valence electrons. The highest BCUT2D eigenvalue weighted by atomic mass is 19.1. The van der Waals surface area contributed by atoms with Crippen molar-refractivity contribution in [2.24, 2.45) is 0 Å². The summed E-state index contributed by atoms with van der Waals surface area (Å²) < 4.78 is 20.0. The Bertz CT molecular complexity index is 1030. The van der Waals surface area contributed by atoms with E-state index in [1.165, 1.54) is 24.1 Å². The van der Waals surface area contributed by atoms with Crippen LogP contribution in [0.4, 0.5) is 14.9 Å². The smallest absolute Gasteiger partial charge is 0.414 e. The zero-order valence-electron chi connectivity index (χ0n) is 16.7. The summed E-state index contributed by atoms with van der Waals surface area (Å²) >= 11 is 0. The second kappa shape index (κ2) is 8.70. The molecule has 10 heteroatoms. The SMILES string of the molecule is CC(=O)NC[C@H]1CN(c2ccc(-c3ccc(C4=C[C@H](CO)ON4)nc3)c(F)c2)C(=O)O1. The molecular formula is C21H21FN4O5. The number of hydrogen-bond donors (Lipinski definition) is 3. The van der Waals surface area contributed by atoms with Crippen LogP contribution in [0.5, 0.6) is 0 Å². The summed E-state index contributed by atoms with van der Waals surface area (Å²) in [7, 11) is 0. The van der Waals surface area contributed by atoms with Crippen LogP contribution < -0.4 is 15.7 Å². The van der Waals surface area contributed by atoms with Crippen molar-refractivity contribution in [1.29, 1.82) is 0 Å². The fourth-order valence-corrected chi connectivity index (χ4v) is 3.34. The first kappa shape index (κ1) is 20.8. The predicted molar refractivity (Wildman–Crippen MR) is 109 cm³/mol. The van der Waals surface area contributed by atoms with Gasteiger partial charge in [-0.05, 0) is 30.3 Å². The number of ether oxygens (including phenoxy) is 1. The molecule has 0 bridgehead atoms. The maximum atomic E-state index is 14.8. The predicted octanol–water partition coefficient (Wildman–Crippen LogP) is 1.59. The third-order valence-electron chi connectivity index (χ3n) is 4.92. The summed E-state index contributed by atoms with van der Waals surface area (Å²) in [5, 5.41) is 11.7. The summed E-state index contributed by atoms with van der Waals surface area (Å²) in [6.45, 7) is 1.65. The average molecular weight is 428 g/mol. The Morgan fingerprint density at radius 2 is 2.23 bits per heavy atom. The highest BCUT2D eigenvalue weighted by molar-refractivity contribution is 5.90. The third-order valence-corrected chi connectivity index (χ3v) is 4.92. The van der Waals surface area contributed by atoms with Gasteiger partial charge in [-0.25, -0.2) is 9.18 Å². The van der Waals surface area contributed by atoms with Crippen LogP contribution in [-0.2, 0) is 14.4 Å². The number of nitrogens with one attached hydrogen (secondary N) is 2. The van der Waals surface area contributed by atoms with E-state index in [0.717, 1.165) is 0 Å². The Labute approximate surface area is 177 Å². The van der Waals surface area contributed by atoms with Crippen molar-refractivity contribution in [3.63, 3.8) is 0 Å². The van der Waals surface area contributed by atoms with E-state index in [1.54, 1.807) is 30.3 Å². The molecule has 2 amide bonds. The van der Waals surface area contributed by atoms with Crippen LogP contribution in [0.25, 0.3) is 16.8 Å². The lowest BCUT2D eigenvalue weighted by molar-refractivity contribution is -0.119. The van der Waals surface area contributed by atoms with Crippen LogP contribution in [-0.4, -0.2) is 54.0 Å². The minimum absolute atomic E-state index is 0.148. The molecule has 0 aliphatic carbocycles. The highest BCUT2D eigenvalue weighted by Gasteiger charge is 2.32. The molecule has 0 spiro atoms. The minimum Gasteiger partial charge on any atom is -0.442 e. The van der Waals surface area contributed by atoms with Crippen molar-refractivity contribution >= 4 is 23.4 Å². The highest BCUT2D eigenvalue weighted by Crippen LogP contribution is 2.29. The molecule has 2 atom stereocenters. The average Bonchev–Trinajstić information content (AvgIpc) is 3.39. The normalized spacial score (nSPS) is 20.3. The minimum atomic E-state index is -0.589. The largest absolute Gasteiger partial charge is 0.442 e. The Hall–Kier alpha value is -3.50. The van der Waals surface area contributed by atoms with Crippen molar-refractivity contribution in [1.82, 2.24) is 15.8 Å². The molecule has 0 saturated carbocycles. The van der Waals surface area contributed by atoms with Crippen LogP contribution in [0, 0.1) is 5.82 Å². The van der Waals surface area contributed by atoms with E-state index in [-0.39, 0.29) is 25.6 Å². The monoisotopic (exact) mass is 428 g/mol. The Morgan fingerprint density at radius 1 is 1.39 bits per heavy atom. The van der Waals surface area contributed by atoms with Gasteiger partial charge in [0.15, 0.2) is 0 Å². The molecule has 0 radical (unpaired) electrons. The van der Waals surface area contributed by atoms with E-state index in [1.807, 2.05) is 0 Å². The van der Waals surface area contributed by atoms with Crippen LogP contribution in [0.3, 0.4) is 0 Å². The van der Waals surface area contributed by atoms with Crippen LogP contribution in [0.15, 0.2) is 42.6 Å². The molecular weight excluding hydrogens is 407 g/mol. The summed E-state index contributed by atoms with van der Waals surface area (Å²) in [6.07, 6.45) is 1.73. The van der Waals surface area contributed by atoms with E-state index in [2.05, 4.69) is 15.8 Å². The quantitative estimate of drug-likeness (QED) is 0.640. The molecule has 3 heterocycles. The molecule has 1 aromatic carbocycles. The first-order valence-corrected chi connectivity index (χ1v) is 9.68. The first-order chi connectivity index (χ1) is 14.9. The van der Waals surface area contributed by atoms with E-state index in [9.17, 15) is 14.0 Å². The number of benzene rings is 1. The van der Waals surface area contributed by atoms with Crippen LogP contribution >= 0.6 is 0 Å². The van der Waals surface area contributed by atoms with Gasteiger partial charge in [0, 0.05) is 24.2 Å². The number of cyclic esters (lactones) is 1. The van der Waals surface area contributed by atoms with Crippen LogP contribution in [0.1, 0.15) is 12.6 Å². The fourth-order valence-electron chi connectivity index (χ4n) is 3.34.